The van der Waals surface area contributed by atoms with Gasteiger partial charge in [0.05, 0.1) is 0 Å². The molecule has 3 nitrogen and oxygen atoms in total. The minimum atomic E-state index is -1.08. The van der Waals surface area contributed by atoms with Crippen molar-refractivity contribution in [2.24, 2.45) is 0 Å². The summed E-state index contributed by atoms with van der Waals surface area (Å²) in [4.78, 5) is 8.89. The van der Waals surface area contributed by atoms with Crippen LogP contribution in [0.15, 0.2) is 0 Å². The first kappa shape index (κ1) is 16.8. The van der Waals surface area contributed by atoms with Gasteiger partial charge in [-0.3, -0.25) is 0 Å². The zero-order valence-corrected chi connectivity index (χ0v) is 4.27. The van der Waals surface area contributed by atoms with Gasteiger partial charge in [-0.15, -0.1) is 0 Å². The van der Waals surface area contributed by atoms with Gasteiger partial charge in [0.2, 0.25) is 0 Å². The molecule has 0 spiro atoms. The molecular formula is C2H6CuNO2. The third kappa shape index (κ3) is 13500. The van der Waals surface area contributed by atoms with Crippen molar-refractivity contribution >= 4 is 5.97 Å². The Labute approximate surface area is 46.8 Å². The minimum absolute atomic E-state index is 0. The Bertz CT molecular complexity index is 34.5. The predicted octanol–water partition coefficient (Wildman–Crippen LogP) is -1.08. The molecule has 3 N–H and O–H groups in total. The first-order chi connectivity index (χ1) is 1.73. The van der Waals surface area contributed by atoms with E-state index in [-0.39, 0.29) is 23.2 Å². The number of hydrogen-bond acceptors (Lipinski definition) is 3. The molecule has 0 heterocycles. The fourth-order valence-corrected chi connectivity index (χ4v) is 0. The van der Waals surface area contributed by atoms with Crippen molar-refractivity contribution < 1.29 is 27.0 Å². The standard InChI is InChI=1S/C2H4O2.Cu.H3N/c1-2(3)4;;/h1H3,(H,3,4);;1H3/q;+1;/p-1. The van der Waals surface area contributed by atoms with Crippen LogP contribution >= 0.6 is 0 Å². The number of carboxylic acid groups (broad SMARTS) is 1. The molecule has 4 heteroatoms. The SMILES string of the molecule is CC(=O)[O-].N.[Cu+]. The van der Waals surface area contributed by atoms with Crippen molar-refractivity contribution in [3.8, 4) is 0 Å². The number of carbonyl (C=O) groups excluding carboxylic acids is 1. The Hall–Kier alpha value is -0.0505. The maximum atomic E-state index is 8.89. The largest absolute Gasteiger partial charge is 1.00 e. The molecule has 0 radical (unpaired) electrons. The number of carboxylic acids is 1. The van der Waals surface area contributed by atoms with Gasteiger partial charge in [0, 0.05) is 5.97 Å². The van der Waals surface area contributed by atoms with Gasteiger partial charge in [-0.2, -0.15) is 0 Å². The monoisotopic (exact) mass is 139 g/mol. The van der Waals surface area contributed by atoms with Gasteiger partial charge in [-0.05, 0) is 6.92 Å². The Kier molecular flexibility index (Phi) is 24.8. The Morgan fingerprint density at radius 3 is 1.67 bits per heavy atom. The van der Waals surface area contributed by atoms with Crippen molar-refractivity contribution in [2.75, 3.05) is 0 Å². The fraction of sp³-hybridized carbons (Fsp3) is 0.500. The summed E-state index contributed by atoms with van der Waals surface area (Å²) < 4.78 is 0. The van der Waals surface area contributed by atoms with E-state index in [1.54, 1.807) is 0 Å². The summed E-state index contributed by atoms with van der Waals surface area (Å²) in [5.41, 5.74) is 0. The molecule has 0 saturated carbocycles. The zero-order valence-electron chi connectivity index (χ0n) is 3.33. The second kappa shape index (κ2) is 8.87. The topological polar surface area (TPSA) is 75.1 Å². The third-order valence-corrected chi connectivity index (χ3v) is 0. The van der Waals surface area contributed by atoms with E-state index in [4.69, 9.17) is 9.90 Å². The molecule has 6 heavy (non-hydrogen) atoms. The number of carbonyl (C=O) groups is 1. The maximum Gasteiger partial charge on any atom is 1.00 e. The van der Waals surface area contributed by atoms with Gasteiger partial charge in [-0.25, -0.2) is 0 Å². The number of hydrogen-bond donors (Lipinski definition) is 1. The first-order valence-electron chi connectivity index (χ1n) is 0.908. The van der Waals surface area contributed by atoms with Crippen LogP contribution in [0.25, 0.3) is 0 Å². The summed E-state index contributed by atoms with van der Waals surface area (Å²) in [5, 5.41) is 8.89. The van der Waals surface area contributed by atoms with Crippen molar-refractivity contribution in [2.45, 2.75) is 6.92 Å². The molecule has 0 unspecified atom stereocenters. The summed E-state index contributed by atoms with van der Waals surface area (Å²) >= 11 is 0. The van der Waals surface area contributed by atoms with Crippen molar-refractivity contribution in [3.63, 3.8) is 0 Å². The van der Waals surface area contributed by atoms with Crippen LogP contribution in [-0.2, 0) is 21.9 Å². The maximum absolute atomic E-state index is 8.89. The molecule has 0 aromatic heterocycles. The van der Waals surface area contributed by atoms with Crippen molar-refractivity contribution in [1.29, 1.82) is 0 Å². The van der Waals surface area contributed by atoms with Crippen LogP contribution in [0.5, 0.6) is 0 Å². The summed E-state index contributed by atoms with van der Waals surface area (Å²) in [7, 11) is 0. The van der Waals surface area contributed by atoms with Gasteiger partial charge in [0.25, 0.3) is 0 Å². The van der Waals surface area contributed by atoms with E-state index in [0.717, 1.165) is 6.92 Å². The minimum Gasteiger partial charge on any atom is -0.550 e. The van der Waals surface area contributed by atoms with E-state index in [9.17, 15) is 0 Å². The molecule has 0 fully saturated rings. The van der Waals surface area contributed by atoms with Crippen molar-refractivity contribution in [3.05, 3.63) is 0 Å². The van der Waals surface area contributed by atoms with E-state index in [2.05, 4.69) is 0 Å². The quantitative estimate of drug-likeness (QED) is 0.434. The van der Waals surface area contributed by atoms with Gasteiger partial charge < -0.3 is 16.1 Å². The van der Waals surface area contributed by atoms with Gasteiger partial charge in [0.1, 0.15) is 0 Å². The smallest absolute Gasteiger partial charge is 0.550 e. The zero-order chi connectivity index (χ0) is 3.58. The summed E-state index contributed by atoms with van der Waals surface area (Å²) in [5.74, 6) is -1.08. The third-order valence-electron chi connectivity index (χ3n) is 0. The summed E-state index contributed by atoms with van der Waals surface area (Å²) in [6.45, 7) is 0.972. The fourth-order valence-electron chi connectivity index (χ4n) is 0. The van der Waals surface area contributed by atoms with Crippen LogP contribution < -0.4 is 11.3 Å². The number of aliphatic carboxylic acids is 1. The normalized spacial score (nSPS) is 4.17. The molecule has 0 atom stereocenters. The average Bonchev–Trinajstić information content (AvgIpc) is 0.811. The van der Waals surface area contributed by atoms with Crippen LogP contribution in [-0.4, -0.2) is 5.97 Å². The Morgan fingerprint density at radius 2 is 1.67 bits per heavy atom. The van der Waals surface area contributed by atoms with Crippen molar-refractivity contribution in [1.82, 2.24) is 6.15 Å². The molecule has 0 amide bonds. The second-order valence-corrected chi connectivity index (χ2v) is 0.492. The van der Waals surface area contributed by atoms with Crippen LogP contribution in [0.1, 0.15) is 6.92 Å². The molecule has 0 aromatic carbocycles. The first-order valence-corrected chi connectivity index (χ1v) is 0.908. The van der Waals surface area contributed by atoms with Crippen LogP contribution in [0, 0.1) is 0 Å². The summed E-state index contributed by atoms with van der Waals surface area (Å²) in [6.07, 6.45) is 0. The van der Waals surface area contributed by atoms with Gasteiger partial charge in [0.15, 0.2) is 0 Å². The van der Waals surface area contributed by atoms with E-state index < -0.39 is 5.97 Å². The van der Waals surface area contributed by atoms with E-state index in [0.29, 0.717) is 0 Å². The molecule has 0 aliphatic heterocycles. The van der Waals surface area contributed by atoms with E-state index in [1.165, 1.54) is 0 Å². The summed E-state index contributed by atoms with van der Waals surface area (Å²) in [6, 6.07) is 0. The molecule has 42 valence electrons. The molecule has 0 aromatic rings. The molecule has 0 aliphatic rings. The average molecular weight is 140 g/mol. The van der Waals surface area contributed by atoms with E-state index in [1.807, 2.05) is 0 Å². The predicted molar refractivity (Wildman–Crippen MR) is 15.7 cm³/mol. The van der Waals surface area contributed by atoms with Crippen LogP contribution in [0.2, 0.25) is 0 Å². The van der Waals surface area contributed by atoms with Gasteiger partial charge >= 0.3 is 17.1 Å². The molecular weight excluding hydrogens is 134 g/mol. The van der Waals surface area contributed by atoms with Crippen LogP contribution in [0.4, 0.5) is 0 Å². The molecule has 0 bridgehead atoms. The Morgan fingerprint density at radius 1 is 1.67 bits per heavy atom. The molecule has 0 aliphatic carbocycles. The molecule has 0 rings (SSSR count). The number of rotatable bonds is 0. The van der Waals surface area contributed by atoms with Crippen LogP contribution in [0.3, 0.4) is 0 Å². The Balaban J connectivity index is -0.0000000450. The van der Waals surface area contributed by atoms with Gasteiger partial charge in [-0.1, -0.05) is 0 Å². The second-order valence-electron chi connectivity index (χ2n) is 0.492. The molecule has 0 saturated heterocycles. The van der Waals surface area contributed by atoms with E-state index >= 15 is 0 Å².